The van der Waals surface area contributed by atoms with Gasteiger partial charge in [0.15, 0.2) is 0 Å². The third-order valence-electron chi connectivity index (χ3n) is 3.61. The lowest BCUT2D eigenvalue weighted by molar-refractivity contribution is 0.949. The van der Waals surface area contributed by atoms with E-state index in [1.807, 2.05) is 49.7 Å². The van der Waals surface area contributed by atoms with Gasteiger partial charge in [-0.2, -0.15) is 0 Å². The molecular formula is C18H15ClN4. The monoisotopic (exact) mass is 322 g/mol. The van der Waals surface area contributed by atoms with Crippen molar-refractivity contribution in [2.75, 3.05) is 0 Å². The maximum atomic E-state index is 6.02. The van der Waals surface area contributed by atoms with Gasteiger partial charge in [0.2, 0.25) is 0 Å². The van der Waals surface area contributed by atoms with E-state index in [9.17, 15) is 0 Å². The minimum atomic E-state index is 0.475. The van der Waals surface area contributed by atoms with Crippen LogP contribution in [0.5, 0.6) is 0 Å². The number of hydrogen-bond acceptors (Lipinski definition) is 3. The molecule has 0 saturated heterocycles. The predicted molar refractivity (Wildman–Crippen MR) is 90.8 cm³/mol. The van der Waals surface area contributed by atoms with Crippen molar-refractivity contribution >= 4 is 11.6 Å². The Morgan fingerprint density at radius 3 is 2.57 bits per heavy atom. The molecule has 3 aromatic rings. The highest BCUT2D eigenvalue weighted by atomic mass is 35.5. The van der Waals surface area contributed by atoms with Gasteiger partial charge in [0.05, 0.1) is 5.69 Å². The van der Waals surface area contributed by atoms with Gasteiger partial charge in [0.25, 0.3) is 0 Å². The molecule has 0 amide bonds. The Kier molecular flexibility index (Phi) is 4.14. The first-order valence-electron chi connectivity index (χ1n) is 7.16. The van der Waals surface area contributed by atoms with Crippen molar-refractivity contribution in [1.29, 1.82) is 0 Å². The molecule has 4 nitrogen and oxygen atoms in total. The quantitative estimate of drug-likeness (QED) is 0.507. The van der Waals surface area contributed by atoms with Crippen LogP contribution in [-0.4, -0.2) is 19.5 Å². The van der Waals surface area contributed by atoms with Crippen LogP contribution in [0.15, 0.2) is 36.9 Å². The van der Waals surface area contributed by atoms with E-state index in [-0.39, 0.29) is 0 Å². The summed E-state index contributed by atoms with van der Waals surface area (Å²) in [6.45, 7) is 5.89. The normalized spacial score (nSPS) is 10.3. The molecule has 0 spiro atoms. The highest BCUT2D eigenvalue weighted by molar-refractivity contribution is 6.30. The molecule has 5 heteroatoms. The molecule has 23 heavy (non-hydrogen) atoms. The topological polar surface area (TPSA) is 43.6 Å². The Bertz CT molecular complexity index is 914. The fourth-order valence-electron chi connectivity index (χ4n) is 2.14. The smallest absolute Gasteiger partial charge is 0.138 e. The number of aromatic nitrogens is 4. The summed E-state index contributed by atoms with van der Waals surface area (Å²) in [6.07, 6.45) is 5.23. The molecule has 0 atom stereocenters. The number of halogens is 1. The largest absolute Gasteiger partial charge is 0.286 e. The zero-order valence-electron chi connectivity index (χ0n) is 13.1. The van der Waals surface area contributed by atoms with Gasteiger partial charge in [-0.25, -0.2) is 15.0 Å². The van der Waals surface area contributed by atoms with Crippen molar-refractivity contribution in [3.8, 4) is 17.7 Å². The van der Waals surface area contributed by atoms with Gasteiger partial charge in [-0.3, -0.25) is 4.57 Å². The summed E-state index contributed by atoms with van der Waals surface area (Å²) in [5.41, 5.74) is 4.52. The molecule has 0 saturated carbocycles. The molecule has 0 aromatic carbocycles. The van der Waals surface area contributed by atoms with Crippen molar-refractivity contribution in [2.45, 2.75) is 20.8 Å². The average Bonchev–Trinajstić information content (AvgIpc) is 2.91. The van der Waals surface area contributed by atoms with E-state index in [0.717, 1.165) is 33.9 Å². The van der Waals surface area contributed by atoms with Crippen molar-refractivity contribution in [3.63, 3.8) is 0 Å². The number of pyridine rings is 2. The molecule has 114 valence electrons. The Labute approximate surface area is 140 Å². The highest BCUT2D eigenvalue weighted by Crippen LogP contribution is 2.16. The van der Waals surface area contributed by atoms with Crippen LogP contribution in [0.3, 0.4) is 0 Å². The number of rotatable bonds is 1. The van der Waals surface area contributed by atoms with Gasteiger partial charge in [0.1, 0.15) is 23.0 Å². The third-order valence-corrected chi connectivity index (χ3v) is 3.99. The fraction of sp³-hybridized carbons (Fsp3) is 0.167. The van der Waals surface area contributed by atoms with Gasteiger partial charge in [-0.05, 0) is 44.4 Å². The van der Waals surface area contributed by atoms with Gasteiger partial charge >= 0.3 is 0 Å². The van der Waals surface area contributed by atoms with Crippen LogP contribution in [0.2, 0.25) is 5.15 Å². The second-order valence-corrected chi connectivity index (χ2v) is 5.62. The van der Waals surface area contributed by atoms with Gasteiger partial charge in [-0.15, -0.1) is 0 Å². The predicted octanol–water partition coefficient (Wildman–Crippen LogP) is 3.64. The van der Waals surface area contributed by atoms with Crippen LogP contribution in [0.4, 0.5) is 0 Å². The van der Waals surface area contributed by atoms with Gasteiger partial charge in [0, 0.05) is 23.5 Å². The summed E-state index contributed by atoms with van der Waals surface area (Å²) in [7, 11) is 0. The van der Waals surface area contributed by atoms with E-state index >= 15 is 0 Å². The molecule has 0 bridgehead atoms. The number of hydrogen-bond donors (Lipinski definition) is 0. The van der Waals surface area contributed by atoms with Crippen molar-refractivity contribution in [2.24, 2.45) is 0 Å². The second kappa shape index (κ2) is 6.23. The van der Waals surface area contributed by atoms with E-state index in [1.165, 1.54) is 0 Å². The summed E-state index contributed by atoms with van der Waals surface area (Å²) in [5.74, 6) is 7.05. The first-order chi connectivity index (χ1) is 11.1. The van der Waals surface area contributed by atoms with E-state index in [4.69, 9.17) is 11.6 Å². The SMILES string of the molecule is Cc1ccc(-n2cnc(C#Cc3ccnc(Cl)c3C)c2C)nc1. The highest BCUT2D eigenvalue weighted by Gasteiger charge is 2.07. The van der Waals surface area contributed by atoms with Crippen molar-refractivity contribution < 1.29 is 0 Å². The molecule has 3 heterocycles. The summed E-state index contributed by atoms with van der Waals surface area (Å²) in [5, 5.41) is 0.475. The summed E-state index contributed by atoms with van der Waals surface area (Å²) < 4.78 is 1.93. The lowest BCUT2D eigenvalue weighted by Crippen LogP contribution is -1.98. The van der Waals surface area contributed by atoms with Gasteiger partial charge < -0.3 is 0 Å². The Hall–Kier alpha value is -2.64. The number of nitrogens with zero attached hydrogens (tertiary/aromatic N) is 4. The summed E-state index contributed by atoms with van der Waals surface area (Å²) in [6, 6.07) is 5.84. The Balaban J connectivity index is 1.96. The van der Waals surface area contributed by atoms with E-state index in [0.29, 0.717) is 5.15 Å². The van der Waals surface area contributed by atoms with Crippen molar-refractivity contribution in [1.82, 2.24) is 19.5 Å². The average molecular weight is 323 g/mol. The van der Waals surface area contributed by atoms with E-state index in [2.05, 4.69) is 26.8 Å². The first kappa shape index (κ1) is 15.3. The summed E-state index contributed by atoms with van der Waals surface area (Å²) >= 11 is 6.02. The van der Waals surface area contributed by atoms with E-state index in [1.54, 1.807) is 12.5 Å². The summed E-state index contributed by atoms with van der Waals surface area (Å²) in [4.78, 5) is 12.8. The fourth-order valence-corrected chi connectivity index (χ4v) is 2.30. The Morgan fingerprint density at radius 2 is 1.83 bits per heavy atom. The zero-order valence-corrected chi connectivity index (χ0v) is 13.9. The first-order valence-corrected chi connectivity index (χ1v) is 7.54. The molecule has 0 fully saturated rings. The van der Waals surface area contributed by atoms with Crippen molar-refractivity contribution in [3.05, 3.63) is 70.2 Å². The minimum Gasteiger partial charge on any atom is -0.286 e. The van der Waals surface area contributed by atoms with Crippen LogP contribution in [0.1, 0.15) is 28.1 Å². The lowest BCUT2D eigenvalue weighted by Gasteiger charge is -2.03. The van der Waals surface area contributed by atoms with Crippen LogP contribution in [-0.2, 0) is 0 Å². The lowest BCUT2D eigenvalue weighted by atomic mass is 10.1. The molecule has 0 aliphatic rings. The number of imidazole rings is 1. The van der Waals surface area contributed by atoms with Crippen LogP contribution >= 0.6 is 11.6 Å². The molecule has 0 aliphatic carbocycles. The van der Waals surface area contributed by atoms with Gasteiger partial charge in [-0.1, -0.05) is 23.6 Å². The zero-order chi connectivity index (χ0) is 16.4. The molecule has 3 rings (SSSR count). The van der Waals surface area contributed by atoms with Crippen LogP contribution in [0, 0.1) is 32.6 Å². The maximum Gasteiger partial charge on any atom is 0.138 e. The standard InChI is InChI=1S/C18H15ClN4/c1-12-4-7-17(21-10-12)23-11-22-16(14(23)3)6-5-15-8-9-20-18(19)13(15)2/h4,7-11H,1-3H3. The molecule has 0 N–H and O–H groups in total. The molecule has 0 aliphatic heterocycles. The Morgan fingerprint density at radius 1 is 1.00 bits per heavy atom. The van der Waals surface area contributed by atoms with E-state index < -0.39 is 0 Å². The number of aryl methyl sites for hydroxylation is 1. The molecule has 3 aromatic heterocycles. The molecule has 0 unspecified atom stereocenters. The molecular weight excluding hydrogens is 308 g/mol. The maximum absolute atomic E-state index is 6.02. The third kappa shape index (κ3) is 3.10. The minimum absolute atomic E-state index is 0.475. The van der Waals surface area contributed by atoms with Crippen LogP contribution < -0.4 is 0 Å². The molecule has 0 radical (unpaired) electrons. The second-order valence-electron chi connectivity index (χ2n) is 5.27. The van der Waals surface area contributed by atoms with Crippen LogP contribution in [0.25, 0.3) is 5.82 Å².